The first-order valence-corrected chi connectivity index (χ1v) is 7.63. The van der Waals surface area contributed by atoms with E-state index in [1.54, 1.807) is 0 Å². The molecular weight excluding hydrogens is 232 g/mol. The molecule has 2 aliphatic carbocycles. The van der Waals surface area contributed by atoms with Gasteiger partial charge >= 0.3 is 0 Å². The molecule has 0 heterocycles. The normalized spacial score (nSPS) is 30.7. The number of hydrogen-bond acceptors (Lipinski definition) is 1. The van der Waals surface area contributed by atoms with E-state index in [0.717, 1.165) is 12.0 Å². The largest absolute Gasteiger partial charge is 0.294 e. The number of fused-ring (bicyclic) bond motifs is 2. The van der Waals surface area contributed by atoms with Crippen LogP contribution in [0.15, 0.2) is 24.3 Å². The summed E-state index contributed by atoms with van der Waals surface area (Å²) in [7, 11) is 0. The van der Waals surface area contributed by atoms with Crippen molar-refractivity contribution in [3.63, 3.8) is 0 Å². The molecular formula is C18H24O. The highest BCUT2D eigenvalue weighted by Gasteiger charge is 2.46. The highest BCUT2D eigenvalue weighted by atomic mass is 16.1. The molecule has 1 aromatic rings. The molecule has 19 heavy (non-hydrogen) atoms. The molecule has 1 fully saturated rings. The van der Waals surface area contributed by atoms with Gasteiger partial charge in [0.2, 0.25) is 0 Å². The Morgan fingerprint density at radius 1 is 1.05 bits per heavy atom. The Balaban J connectivity index is 2.15. The quantitative estimate of drug-likeness (QED) is 0.650. The molecule has 0 aromatic heterocycles. The molecule has 3 atom stereocenters. The Kier molecular flexibility index (Phi) is 3.03. The van der Waals surface area contributed by atoms with Gasteiger partial charge in [0.25, 0.3) is 0 Å². The lowest BCUT2D eigenvalue weighted by Gasteiger charge is -2.47. The Morgan fingerprint density at radius 3 is 2.47 bits per heavy atom. The van der Waals surface area contributed by atoms with Gasteiger partial charge in [0.05, 0.1) is 0 Å². The van der Waals surface area contributed by atoms with Gasteiger partial charge in [-0.3, -0.25) is 4.79 Å². The molecule has 0 N–H and O–H groups in total. The molecule has 3 unspecified atom stereocenters. The van der Waals surface area contributed by atoms with Crippen LogP contribution in [0.2, 0.25) is 0 Å². The van der Waals surface area contributed by atoms with E-state index in [1.165, 1.54) is 24.8 Å². The van der Waals surface area contributed by atoms with Crippen LogP contribution >= 0.6 is 0 Å². The number of Topliss-reactive ketones (excluding diaryl/α,β-unsaturated/α-hetero) is 1. The monoisotopic (exact) mass is 256 g/mol. The second-order valence-corrected chi connectivity index (χ2v) is 7.35. The van der Waals surface area contributed by atoms with Gasteiger partial charge in [-0.15, -0.1) is 0 Å². The van der Waals surface area contributed by atoms with Gasteiger partial charge < -0.3 is 0 Å². The summed E-state index contributed by atoms with van der Waals surface area (Å²) >= 11 is 0. The number of ketones is 1. The molecule has 0 saturated heterocycles. The fourth-order valence-electron chi connectivity index (χ4n) is 4.42. The third kappa shape index (κ3) is 2.04. The van der Waals surface area contributed by atoms with Crippen LogP contribution in [-0.4, -0.2) is 5.78 Å². The van der Waals surface area contributed by atoms with E-state index in [4.69, 9.17) is 0 Å². The predicted molar refractivity (Wildman–Crippen MR) is 78.4 cm³/mol. The summed E-state index contributed by atoms with van der Waals surface area (Å²) < 4.78 is 0. The fraction of sp³-hybridized carbons (Fsp3) is 0.611. The average molecular weight is 256 g/mol. The molecule has 1 saturated carbocycles. The average Bonchev–Trinajstić information content (AvgIpc) is 2.38. The summed E-state index contributed by atoms with van der Waals surface area (Å²) in [6.07, 6.45) is 4.85. The minimum Gasteiger partial charge on any atom is -0.294 e. The third-order valence-electron chi connectivity index (χ3n) is 5.08. The van der Waals surface area contributed by atoms with Crippen LogP contribution in [0.1, 0.15) is 68.3 Å². The second kappa shape index (κ2) is 4.47. The lowest BCUT2D eigenvalue weighted by molar-refractivity contribution is 0.0669. The van der Waals surface area contributed by atoms with E-state index in [9.17, 15) is 4.79 Å². The van der Waals surface area contributed by atoms with Crippen molar-refractivity contribution in [3.05, 3.63) is 35.4 Å². The van der Waals surface area contributed by atoms with Crippen LogP contribution in [-0.2, 0) is 0 Å². The molecule has 1 aromatic carbocycles. The topological polar surface area (TPSA) is 17.1 Å². The molecule has 0 aliphatic heterocycles. The van der Waals surface area contributed by atoms with Crippen LogP contribution in [0.5, 0.6) is 0 Å². The van der Waals surface area contributed by atoms with Crippen LogP contribution in [0.25, 0.3) is 0 Å². The maximum atomic E-state index is 12.7. The maximum absolute atomic E-state index is 12.7. The van der Waals surface area contributed by atoms with Crippen LogP contribution < -0.4 is 0 Å². The van der Waals surface area contributed by atoms with Crippen molar-refractivity contribution >= 4 is 5.78 Å². The van der Waals surface area contributed by atoms with Crippen LogP contribution in [0.3, 0.4) is 0 Å². The number of carbonyl (C=O) groups excluding carboxylic acids is 1. The minimum atomic E-state index is 0.233. The predicted octanol–water partition coefficient (Wildman–Crippen LogP) is 4.82. The van der Waals surface area contributed by atoms with Crippen molar-refractivity contribution in [2.24, 2.45) is 17.3 Å². The molecule has 0 amide bonds. The van der Waals surface area contributed by atoms with E-state index < -0.39 is 0 Å². The van der Waals surface area contributed by atoms with Crippen molar-refractivity contribution in [1.29, 1.82) is 0 Å². The second-order valence-electron chi connectivity index (χ2n) is 7.35. The Labute approximate surface area is 116 Å². The first-order chi connectivity index (χ1) is 9.00. The van der Waals surface area contributed by atoms with Crippen molar-refractivity contribution in [3.8, 4) is 0 Å². The number of benzene rings is 1. The molecule has 0 spiro atoms. The Hall–Kier alpha value is -1.11. The molecule has 0 radical (unpaired) electrons. The first-order valence-electron chi connectivity index (χ1n) is 7.63. The standard InChI is InChI=1S/C18H24O/c1-18(2,3)16-12-8-4-6-10-14(12)17(19)15-11-7-5-9-13(15)16/h4,6,8,10,13,15-16H,5,7,9,11H2,1-3H3. The third-order valence-corrected chi connectivity index (χ3v) is 5.08. The van der Waals surface area contributed by atoms with Gasteiger partial charge in [-0.05, 0) is 35.7 Å². The van der Waals surface area contributed by atoms with Crippen molar-refractivity contribution in [1.82, 2.24) is 0 Å². The minimum absolute atomic E-state index is 0.233. The van der Waals surface area contributed by atoms with E-state index in [2.05, 4.69) is 32.9 Å². The molecule has 1 nitrogen and oxygen atoms in total. The molecule has 1 heteroatoms. The zero-order chi connectivity index (χ0) is 13.6. The summed E-state index contributed by atoms with van der Waals surface area (Å²) in [6.45, 7) is 6.99. The molecule has 3 rings (SSSR count). The van der Waals surface area contributed by atoms with Crippen LogP contribution in [0, 0.1) is 17.3 Å². The van der Waals surface area contributed by atoms with Gasteiger partial charge in [-0.1, -0.05) is 57.9 Å². The highest BCUT2D eigenvalue weighted by Crippen LogP contribution is 2.53. The lowest BCUT2D eigenvalue weighted by atomic mass is 9.56. The van der Waals surface area contributed by atoms with Crippen molar-refractivity contribution in [2.45, 2.75) is 52.4 Å². The van der Waals surface area contributed by atoms with Gasteiger partial charge in [-0.2, -0.15) is 0 Å². The maximum Gasteiger partial charge on any atom is 0.166 e. The Morgan fingerprint density at radius 2 is 1.74 bits per heavy atom. The fourth-order valence-corrected chi connectivity index (χ4v) is 4.42. The van der Waals surface area contributed by atoms with Gasteiger partial charge in [0.1, 0.15) is 0 Å². The molecule has 0 bridgehead atoms. The van der Waals surface area contributed by atoms with Crippen molar-refractivity contribution in [2.75, 3.05) is 0 Å². The number of hydrogen-bond donors (Lipinski definition) is 0. The number of carbonyl (C=O) groups is 1. The van der Waals surface area contributed by atoms with Crippen molar-refractivity contribution < 1.29 is 4.79 Å². The van der Waals surface area contributed by atoms with E-state index in [-0.39, 0.29) is 11.3 Å². The lowest BCUT2D eigenvalue weighted by Crippen LogP contribution is -2.41. The van der Waals surface area contributed by atoms with Gasteiger partial charge in [0.15, 0.2) is 5.78 Å². The number of rotatable bonds is 0. The Bertz CT molecular complexity index is 495. The SMILES string of the molecule is CC(C)(C)C1c2ccccc2C(=O)C2CCCCC21. The summed E-state index contributed by atoms with van der Waals surface area (Å²) in [4.78, 5) is 12.7. The van der Waals surface area contributed by atoms with E-state index in [1.807, 2.05) is 12.1 Å². The van der Waals surface area contributed by atoms with Crippen LogP contribution in [0.4, 0.5) is 0 Å². The summed E-state index contributed by atoms with van der Waals surface area (Å²) in [5, 5.41) is 0. The van der Waals surface area contributed by atoms with Gasteiger partial charge in [-0.25, -0.2) is 0 Å². The molecule has 2 aliphatic rings. The zero-order valence-electron chi connectivity index (χ0n) is 12.3. The van der Waals surface area contributed by atoms with E-state index >= 15 is 0 Å². The van der Waals surface area contributed by atoms with Gasteiger partial charge in [0, 0.05) is 11.5 Å². The van der Waals surface area contributed by atoms with E-state index in [0.29, 0.717) is 17.6 Å². The smallest absolute Gasteiger partial charge is 0.166 e. The summed E-state index contributed by atoms with van der Waals surface area (Å²) in [5.74, 6) is 1.80. The summed E-state index contributed by atoms with van der Waals surface area (Å²) in [6, 6.07) is 8.34. The zero-order valence-corrected chi connectivity index (χ0v) is 12.3. The highest BCUT2D eigenvalue weighted by molar-refractivity contribution is 6.01. The summed E-state index contributed by atoms with van der Waals surface area (Å²) in [5.41, 5.74) is 2.55. The first kappa shape index (κ1) is 12.9. The molecule has 102 valence electrons.